The van der Waals surface area contributed by atoms with Gasteiger partial charge in [-0.15, -0.1) is 0 Å². The van der Waals surface area contributed by atoms with Crippen LogP contribution in [0.2, 0.25) is 0 Å². The van der Waals surface area contributed by atoms with E-state index in [-0.39, 0.29) is 0 Å². The van der Waals surface area contributed by atoms with Crippen LogP contribution in [0.15, 0.2) is 36.5 Å². The second-order valence-corrected chi connectivity index (χ2v) is 3.66. The van der Waals surface area contributed by atoms with Crippen LogP contribution in [-0.4, -0.2) is 4.98 Å². The Hall–Kier alpha value is -2.54. The van der Waals surface area contributed by atoms with Crippen molar-refractivity contribution in [2.45, 2.75) is 6.92 Å². The Morgan fingerprint density at radius 2 is 2.12 bits per heavy atom. The Morgan fingerprint density at radius 1 is 1.29 bits per heavy atom. The molecule has 0 aliphatic carbocycles. The number of anilines is 3. The lowest BCUT2D eigenvalue weighted by Crippen LogP contribution is -2.00. The number of nitrogen functional groups attached to an aromatic ring is 1. The minimum Gasteiger partial charge on any atom is -0.396 e. The van der Waals surface area contributed by atoms with Crippen LogP contribution in [0.3, 0.4) is 0 Å². The summed E-state index contributed by atoms with van der Waals surface area (Å²) in [7, 11) is 0. The van der Waals surface area contributed by atoms with Crippen LogP contribution in [0.4, 0.5) is 17.2 Å². The highest BCUT2D eigenvalue weighted by Crippen LogP contribution is 2.24. The van der Waals surface area contributed by atoms with Crippen LogP contribution in [0.5, 0.6) is 0 Å². The molecule has 0 spiro atoms. The first kappa shape index (κ1) is 11.0. The number of nitrogens with two attached hydrogens (primary N) is 1. The van der Waals surface area contributed by atoms with E-state index in [4.69, 9.17) is 11.0 Å². The number of nitriles is 1. The van der Waals surface area contributed by atoms with Crippen molar-refractivity contribution in [2.75, 3.05) is 11.1 Å². The van der Waals surface area contributed by atoms with Gasteiger partial charge in [-0.25, -0.2) is 4.98 Å². The lowest BCUT2D eigenvalue weighted by Gasteiger charge is -2.11. The second-order valence-electron chi connectivity index (χ2n) is 3.66. The molecule has 2 aromatic rings. The highest BCUT2D eigenvalue weighted by Gasteiger charge is 2.05. The summed E-state index contributed by atoms with van der Waals surface area (Å²) in [5.74, 6) is 0.602. The monoisotopic (exact) mass is 224 g/mol. The molecule has 0 unspecified atom stereocenters. The zero-order chi connectivity index (χ0) is 12.3. The first-order valence-corrected chi connectivity index (χ1v) is 5.19. The average molecular weight is 224 g/mol. The summed E-state index contributed by atoms with van der Waals surface area (Å²) in [6, 6.07) is 11.2. The van der Waals surface area contributed by atoms with Crippen LogP contribution in [0.25, 0.3) is 0 Å². The maximum absolute atomic E-state index is 8.95. The molecule has 84 valence electrons. The molecule has 1 aromatic heterocycles. The summed E-state index contributed by atoms with van der Waals surface area (Å²) in [6.07, 6.45) is 1.67. The largest absolute Gasteiger partial charge is 0.396 e. The Kier molecular flexibility index (Phi) is 2.93. The van der Waals surface area contributed by atoms with Gasteiger partial charge in [-0.05, 0) is 36.8 Å². The van der Waals surface area contributed by atoms with E-state index in [1.807, 2.05) is 19.1 Å². The van der Waals surface area contributed by atoms with Gasteiger partial charge in [-0.1, -0.05) is 6.07 Å². The topological polar surface area (TPSA) is 74.7 Å². The van der Waals surface area contributed by atoms with Crippen molar-refractivity contribution in [3.63, 3.8) is 0 Å². The van der Waals surface area contributed by atoms with Crippen molar-refractivity contribution < 1.29 is 0 Å². The summed E-state index contributed by atoms with van der Waals surface area (Å²) >= 11 is 0. The first-order chi connectivity index (χ1) is 8.22. The summed E-state index contributed by atoms with van der Waals surface area (Å²) < 4.78 is 0. The highest BCUT2D eigenvalue weighted by molar-refractivity contribution is 5.71. The molecule has 0 saturated carbocycles. The van der Waals surface area contributed by atoms with E-state index in [1.165, 1.54) is 0 Å². The van der Waals surface area contributed by atoms with Gasteiger partial charge in [-0.3, -0.25) is 0 Å². The number of rotatable bonds is 2. The van der Waals surface area contributed by atoms with Gasteiger partial charge >= 0.3 is 0 Å². The quantitative estimate of drug-likeness (QED) is 0.822. The molecule has 0 bridgehead atoms. The van der Waals surface area contributed by atoms with Crippen LogP contribution in [-0.2, 0) is 0 Å². The molecular formula is C13H12N4. The Balaban J connectivity index is 2.38. The molecule has 1 heterocycles. The first-order valence-electron chi connectivity index (χ1n) is 5.19. The van der Waals surface area contributed by atoms with E-state index < -0.39 is 0 Å². The minimum absolute atomic E-state index is 0.578. The molecule has 0 atom stereocenters. The van der Waals surface area contributed by atoms with E-state index in [9.17, 15) is 0 Å². The zero-order valence-electron chi connectivity index (χ0n) is 9.44. The fraction of sp³-hybridized carbons (Fsp3) is 0.0769. The van der Waals surface area contributed by atoms with Gasteiger partial charge in [0.1, 0.15) is 0 Å². The van der Waals surface area contributed by atoms with E-state index in [1.54, 1.807) is 24.4 Å². The van der Waals surface area contributed by atoms with Gasteiger partial charge in [0, 0.05) is 11.9 Å². The van der Waals surface area contributed by atoms with Gasteiger partial charge in [0.05, 0.1) is 17.3 Å². The predicted molar refractivity (Wildman–Crippen MR) is 67.8 cm³/mol. The third-order valence-corrected chi connectivity index (χ3v) is 2.55. The van der Waals surface area contributed by atoms with E-state index in [2.05, 4.69) is 16.4 Å². The van der Waals surface area contributed by atoms with Gasteiger partial charge in [-0.2, -0.15) is 5.26 Å². The third-order valence-electron chi connectivity index (χ3n) is 2.55. The normalized spacial score (nSPS) is 9.65. The fourth-order valence-electron chi connectivity index (χ4n) is 1.54. The lowest BCUT2D eigenvalue weighted by atomic mass is 10.1. The highest BCUT2D eigenvalue weighted by atomic mass is 15.0. The molecule has 2 rings (SSSR count). The Labute approximate surface area is 99.7 Å². The Morgan fingerprint density at radius 3 is 2.82 bits per heavy atom. The van der Waals surface area contributed by atoms with Crippen molar-refractivity contribution in [3.05, 3.63) is 47.7 Å². The fourth-order valence-corrected chi connectivity index (χ4v) is 1.54. The van der Waals surface area contributed by atoms with Crippen molar-refractivity contribution >= 4 is 17.2 Å². The number of nitrogens with zero attached hydrogens (tertiary/aromatic N) is 2. The number of benzene rings is 1. The molecular weight excluding hydrogens is 212 g/mol. The molecule has 17 heavy (non-hydrogen) atoms. The molecule has 4 heteroatoms. The van der Waals surface area contributed by atoms with Crippen LogP contribution < -0.4 is 11.1 Å². The molecule has 0 aliphatic rings. The Bertz CT molecular complexity index is 584. The van der Waals surface area contributed by atoms with Gasteiger partial charge < -0.3 is 11.1 Å². The molecule has 0 saturated heterocycles. The molecule has 0 aliphatic heterocycles. The van der Waals surface area contributed by atoms with E-state index in [0.717, 1.165) is 11.3 Å². The summed E-state index contributed by atoms with van der Waals surface area (Å²) in [5.41, 5.74) is 8.75. The third kappa shape index (κ3) is 2.18. The van der Waals surface area contributed by atoms with E-state index >= 15 is 0 Å². The van der Waals surface area contributed by atoms with Crippen LogP contribution in [0.1, 0.15) is 11.1 Å². The smallest absolute Gasteiger partial charge is 0.153 e. The predicted octanol–water partition coefficient (Wildman–Crippen LogP) is 2.59. The lowest BCUT2D eigenvalue weighted by molar-refractivity contribution is 1.29. The molecule has 3 N–H and O–H groups in total. The van der Waals surface area contributed by atoms with Crippen LogP contribution >= 0.6 is 0 Å². The SMILES string of the molecule is Cc1c(C#N)cccc1Nc1ncccc1N. The standard InChI is InChI=1S/C13H12N4/c1-9-10(8-14)4-2-6-12(9)17-13-11(15)5-3-7-16-13/h2-7H,15H2,1H3,(H,16,17). The van der Waals surface area contributed by atoms with Crippen molar-refractivity contribution in [1.29, 1.82) is 5.26 Å². The van der Waals surface area contributed by atoms with Crippen LogP contribution in [0, 0.1) is 18.3 Å². The number of hydrogen-bond acceptors (Lipinski definition) is 4. The number of hydrogen-bond donors (Lipinski definition) is 2. The minimum atomic E-state index is 0.578. The average Bonchev–Trinajstić information content (AvgIpc) is 2.34. The number of nitrogens with one attached hydrogen (secondary N) is 1. The zero-order valence-corrected chi connectivity index (χ0v) is 9.44. The van der Waals surface area contributed by atoms with Gasteiger partial charge in [0.2, 0.25) is 0 Å². The van der Waals surface area contributed by atoms with Crippen molar-refractivity contribution in [3.8, 4) is 6.07 Å². The second kappa shape index (κ2) is 4.54. The summed E-state index contributed by atoms with van der Waals surface area (Å²) in [4.78, 5) is 4.15. The summed E-state index contributed by atoms with van der Waals surface area (Å²) in [5, 5.41) is 12.1. The van der Waals surface area contributed by atoms with Crippen molar-refractivity contribution in [1.82, 2.24) is 4.98 Å². The maximum atomic E-state index is 8.95. The summed E-state index contributed by atoms with van der Waals surface area (Å²) in [6.45, 7) is 1.89. The molecule has 0 radical (unpaired) electrons. The number of pyridine rings is 1. The van der Waals surface area contributed by atoms with Gasteiger partial charge in [0.15, 0.2) is 5.82 Å². The molecule has 0 amide bonds. The maximum Gasteiger partial charge on any atom is 0.153 e. The molecule has 0 fully saturated rings. The molecule has 1 aromatic carbocycles. The number of aromatic nitrogens is 1. The molecule has 4 nitrogen and oxygen atoms in total. The van der Waals surface area contributed by atoms with Crippen molar-refractivity contribution in [2.24, 2.45) is 0 Å². The van der Waals surface area contributed by atoms with Gasteiger partial charge in [0.25, 0.3) is 0 Å². The van der Waals surface area contributed by atoms with E-state index in [0.29, 0.717) is 17.1 Å².